The summed E-state index contributed by atoms with van der Waals surface area (Å²) in [5, 5.41) is 5.74. The third-order valence-corrected chi connectivity index (χ3v) is 3.46. The highest BCUT2D eigenvalue weighted by Gasteiger charge is 2.33. The summed E-state index contributed by atoms with van der Waals surface area (Å²) < 4.78 is 48.8. The van der Waals surface area contributed by atoms with E-state index in [1.54, 1.807) is 6.92 Å². The summed E-state index contributed by atoms with van der Waals surface area (Å²) in [6, 6.07) is 4.66. The van der Waals surface area contributed by atoms with Crippen LogP contribution in [0, 0.1) is 0 Å². The van der Waals surface area contributed by atoms with Crippen molar-refractivity contribution >= 4 is 17.6 Å². The van der Waals surface area contributed by atoms with Gasteiger partial charge in [0.05, 0.1) is 24.1 Å². The molecule has 0 saturated heterocycles. The number of esters is 1. The Morgan fingerprint density at radius 2 is 2.00 bits per heavy atom. The molecule has 9 heteroatoms. The molecule has 1 N–H and O–H groups in total. The largest absolute Gasteiger partial charge is 0.466 e. The van der Waals surface area contributed by atoms with Gasteiger partial charge in [0, 0.05) is 12.8 Å². The first kappa shape index (κ1) is 19.5. The summed E-state index contributed by atoms with van der Waals surface area (Å²) in [7, 11) is 0. The van der Waals surface area contributed by atoms with Gasteiger partial charge < -0.3 is 14.6 Å². The van der Waals surface area contributed by atoms with Gasteiger partial charge in [0.25, 0.3) is 5.91 Å². The van der Waals surface area contributed by atoms with Crippen molar-refractivity contribution in [2.75, 3.05) is 11.9 Å². The molecule has 6 nitrogen and oxygen atoms in total. The first-order valence-electron chi connectivity index (χ1n) is 7.89. The van der Waals surface area contributed by atoms with Crippen molar-refractivity contribution < 1.29 is 32.0 Å². The standard InChI is InChI=1S/C17H17F3N2O4/c1-2-25-15(23)9-5-8-14-11(10-21-26-14)16(24)22-13-7-4-3-6-12(13)17(18,19)20/h3-4,6-7,10H,2,5,8-9H2,1H3,(H,22,24). The topological polar surface area (TPSA) is 81.4 Å². The molecule has 0 bridgehead atoms. The van der Waals surface area contributed by atoms with Gasteiger partial charge in [-0.15, -0.1) is 0 Å². The van der Waals surface area contributed by atoms with E-state index in [1.165, 1.54) is 12.1 Å². The minimum absolute atomic E-state index is 0.0193. The fraction of sp³-hybridized carbons (Fsp3) is 0.353. The molecule has 0 atom stereocenters. The highest BCUT2D eigenvalue weighted by atomic mass is 19.4. The first-order valence-corrected chi connectivity index (χ1v) is 7.89. The lowest BCUT2D eigenvalue weighted by molar-refractivity contribution is -0.143. The number of alkyl halides is 3. The Morgan fingerprint density at radius 1 is 1.27 bits per heavy atom. The van der Waals surface area contributed by atoms with E-state index < -0.39 is 17.6 Å². The Labute approximate surface area is 147 Å². The van der Waals surface area contributed by atoms with Crippen LogP contribution in [0.2, 0.25) is 0 Å². The molecular formula is C17H17F3N2O4. The molecule has 2 aromatic rings. The Bertz CT molecular complexity index is 771. The van der Waals surface area contributed by atoms with E-state index in [0.717, 1.165) is 18.3 Å². The van der Waals surface area contributed by atoms with E-state index in [2.05, 4.69) is 10.5 Å². The maximum absolute atomic E-state index is 13.0. The number of hydrogen-bond donors (Lipinski definition) is 1. The maximum Gasteiger partial charge on any atom is 0.418 e. The monoisotopic (exact) mass is 370 g/mol. The Kier molecular flexibility index (Phi) is 6.37. The number of halogens is 3. The summed E-state index contributed by atoms with van der Waals surface area (Å²) in [6.07, 6.45) is -2.76. The number of amides is 1. The van der Waals surface area contributed by atoms with Crippen molar-refractivity contribution in [1.29, 1.82) is 0 Å². The van der Waals surface area contributed by atoms with Gasteiger partial charge in [-0.05, 0) is 25.5 Å². The van der Waals surface area contributed by atoms with Gasteiger partial charge in [0.15, 0.2) is 0 Å². The SMILES string of the molecule is CCOC(=O)CCCc1oncc1C(=O)Nc1ccccc1C(F)(F)F. The number of nitrogens with zero attached hydrogens (tertiary/aromatic N) is 1. The second-order valence-corrected chi connectivity index (χ2v) is 5.32. The third-order valence-electron chi connectivity index (χ3n) is 3.46. The number of rotatable bonds is 7. The van der Waals surface area contributed by atoms with Crippen molar-refractivity contribution in [2.45, 2.75) is 32.4 Å². The molecule has 0 spiro atoms. The number of nitrogens with one attached hydrogen (secondary N) is 1. The molecule has 1 amide bonds. The Balaban J connectivity index is 2.06. The maximum atomic E-state index is 13.0. The number of para-hydroxylation sites is 1. The van der Waals surface area contributed by atoms with Crippen molar-refractivity contribution in [3.63, 3.8) is 0 Å². The van der Waals surface area contributed by atoms with Crippen LogP contribution in [0.15, 0.2) is 35.0 Å². The number of aryl methyl sites for hydroxylation is 1. The molecule has 0 saturated carbocycles. The average Bonchev–Trinajstić information content (AvgIpc) is 3.03. The lowest BCUT2D eigenvalue weighted by Crippen LogP contribution is -2.17. The van der Waals surface area contributed by atoms with Crippen LogP contribution < -0.4 is 5.32 Å². The van der Waals surface area contributed by atoms with Crippen LogP contribution in [-0.4, -0.2) is 23.6 Å². The van der Waals surface area contributed by atoms with Gasteiger partial charge >= 0.3 is 12.1 Å². The fourth-order valence-electron chi connectivity index (χ4n) is 2.28. The lowest BCUT2D eigenvalue weighted by atomic mass is 10.1. The second-order valence-electron chi connectivity index (χ2n) is 5.32. The van der Waals surface area contributed by atoms with Crippen LogP contribution in [0.1, 0.15) is 41.4 Å². The molecule has 140 valence electrons. The number of carbonyl (C=O) groups is 2. The van der Waals surface area contributed by atoms with Gasteiger partial charge in [0.1, 0.15) is 11.3 Å². The fourth-order valence-corrected chi connectivity index (χ4v) is 2.28. The number of benzene rings is 1. The van der Waals surface area contributed by atoms with E-state index in [9.17, 15) is 22.8 Å². The predicted molar refractivity (Wildman–Crippen MR) is 85.5 cm³/mol. The van der Waals surface area contributed by atoms with Crippen molar-refractivity contribution in [1.82, 2.24) is 5.16 Å². The van der Waals surface area contributed by atoms with Crippen LogP contribution in [0.4, 0.5) is 18.9 Å². The van der Waals surface area contributed by atoms with Crippen molar-refractivity contribution in [3.05, 3.63) is 47.3 Å². The zero-order valence-electron chi connectivity index (χ0n) is 13.9. The minimum atomic E-state index is -4.60. The quantitative estimate of drug-likeness (QED) is 0.749. The molecule has 0 aliphatic carbocycles. The van der Waals surface area contributed by atoms with E-state index >= 15 is 0 Å². The van der Waals surface area contributed by atoms with Crippen LogP contribution >= 0.6 is 0 Å². The molecule has 0 radical (unpaired) electrons. The summed E-state index contributed by atoms with van der Waals surface area (Å²) in [5.41, 5.74) is -1.29. The average molecular weight is 370 g/mol. The van der Waals surface area contributed by atoms with E-state index in [4.69, 9.17) is 9.26 Å². The van der Waals surface area contributed by atoms with Gasteiger partial charge in [-0.2, -0.15) is 13.2 Å². The lowest BCUT2D eigenvalue weighted by Gasteiger charge is -2.13. The van der Waals surface area contributed by atoms with Crippen molar-refractivity contribution in [3.8, 4) is 0 Å². The van der Waals surface area contributed by atoms with Gasteiger partial charge in [0.2, 0.25) is 0 Å². The molecule has 1 heterocycles. The zero-order chi connectivity index (χ0) is 19.2. The number of hydrogen-bond acceptors (Lipinski definition) is 5. The normalized spacial score (nSPS) is 11.2. The zero-order valence-corrected chi connectivity index (χ0v) is 13.9. The highest BCUT2D eigenvalue weighted by molar-refractivity contribution is 6.05. The Morgan fingerprint density at radius 3 is 2.69 bits per heavy atom. The predicted octanol–water partition coefficient (Wildman–Crippen LogP) is 3.83. The molecular weight excluding hydrogens is 353 g/mol. The number of ether oxygens (including phenoxy) is 1. The third kappa shape index (κ3) is 5.08. The summed E-state index contributed by atoms with van der Waals surface area (Å²) in [4.78, 5) is 23.6. The van der Waals surface area contributed by atoms with Crippen LogP contribution in [-0.2, 0) is 22.1 Å². The molecule has 1 aromatic heterocycles. The van der Waals surface area contributed by atoms with Crippen molar-refractivity contribution in [2.24, 2.45) is 0 Å². The molecule has 0 aliphatic heterocycles. The number of anilines is 1. The van der Waals surface area contributed by atoms with Crippen LogP contribution in [0.25, 0.3) is 0 Å². The van der Waals surface area contributed by atoms with Gasteiger partial charge in [-0.3, -0.25) is 9.59 Å². The second kappa shape index (κ2) is 8.50. The summed E-state index contributed by atoms with van der Waals surface area (Å²) in [6.45, 7) is 1.96. The molecule has 26 heavy (non-hydrogen) atoms. The van der Waals surface area contributed by atoms with Gasteiger partial charge in [-0.1, -0.05) is 17.3 Å². The molecule has 1 aromatic carbocycles. The molecule has 2 rings (SSSR count). The summed E-state index contributed by atoms with van der Waals surface area (Å²) >= 11 is 0. The van der Waals surface area contributed by atoms with E-state index in [1.807, 2.05) is 0 Å². The smallest absolute Gasteiger partial charge is 0.418 e. The van der Waals surface area contributed by atoms with Gasteiger partial charge in [-0.25, -0.2) is 0 Å². The molecule has 0 aliphatic rings. The highest BCUT2D eigenvalue weighted by Crippen LogP contribution is 2.34. The summed E-state index contributed by atoms with van der Waals surface area (Å²) in [5.74, 6) is -0.956. The van der Waals surface area contributed by atoms with E-state index in [0.29, 0.717) is 6.42 Å². The Hall–Kier alpha value is -2.84. The molecule has 0 unspecified atom stereocenters. The van der Waals surface area contributed by atoms with E-state index in [-0.39, 0.29) is 42.4 Å². The first-order chi connectivity index (χ1) is 12.3. The minimum Gasteiger partial charge on any atom is -0.466 e. The number of carbonyl (C=O) groups excluding carboxylic acids is 2. The van der Waals surface area contributed by atoms with Crippen LogP contribution in [0.3, 0.4) is 0 Å². The molecule has 0 fully saturated rings. The van der Waals surface area contributed by atoms with Crippen LogP contribution in [0.5, 0.6) is 0 Å². The number of aromatic nitrogens is 1.